The molecule has 14 heteroatoms. The predicted molar refractivity (Wildman–Crippen MR) is 142 cm³/mol. The number of fused-ring (bicyclic) bond motifs is 1. The van der Waals surface area contributed by atoms with Crippen LogP contribution in [0.3, 0.4) is 0 Å². The van der Waals surface area contributed by atoms with E-state index in [-0.39, 0.29) is 12.6 Å². The van der Waals surface area contributed by atoms with Gasteiger partial charge in [-0.15, -0.1) is 0 Å². The average Bonchev–Trinajstić information content (AvgIpc) is 3.54. The molecule has 220 valence electrons. The van der Waals surface area contributed by atoms with Gasteiger partial charge in [-0.1, -0.05) is 0 Å². The normalized spacial score (nSPS) is 19.3. The van der Waals surface area contributed by atoms with Gasteiger partial charge in [0.2, 0.25) is 0 Å². The van der Waals surface area contributed by atoms with E-state index >= 15 is 0 Å². The highest BCUT2D eigenvalue weighted by molar-refractivity contribution is 5.93. The molecule has 3 N–H and O–H groups in total. The number of nitrogens with one attached hydrogen (secondary N) is 1. The third-order valence-corrected chi connectivity index (χ3v) is 7.22. The van der Waals surface area contributed by atoms with Crippen LogP contribution in [-0.4, -0.2) is 64.6 Å². The van der Waals surface area contributed by atoms with Crippen molar-refractivity contribution in [2.45, 2.75) is 76.6 Å². The van der Waals surface area contributed by atoms with Gasteiger partial charge >= 0.3 is 6.18 Å². The first-order valence-corrected chi connectivity index (χ1v) is 13.4. The summed E-state index contributed by atoms with van der Waals surface area (Å²) in [4.78, 5) is 8.20. The molecule has 10 nitrogen and oxygen atoms in total. The van der Waals surface area contributed by atoms with Gasteiger partial charge in [0, 0.05) is 42.2 Å². The fourth-order valence-corrected chi connectivity index (χ4v) is 5.02. The van der Waals surface area contributed by atoms with Crippen molar-refractivity contribution in [1.82, 2.24) is 29.5 Å². The zero-order chi connectivity index (χ0) is 29.3. The average molecular weight is 578 g/mol. The van der Waals surface area contributed by atoms with Crippen molar-refractivity contribution in [1.29, 1.82) is 0 Å². The monoisotopic (exact) mass is 577 g/mol. The molecule has 0 amide bonds. The molecule has 0 aromatic carbocycles. The zero-order valence-electron chi connectivity index (χ0n) is 22.5. The number of anilines is 1. The highest BCUT2D eigenvalue weighted by atomic mass is 19.4. The molecule has 0 saturated heterocycles. The van der Waals surface area contributed by atoms with Crippen LogP contribution < -0.4 is 10.1 Å². The molecular weight excluding hydrogens is 546 g/mol. The number of hydrogen-bond donors (Lipinski definition) is 3. The van der Waals surface area contributed by atoms with E-state index in [0.29, 0.717) is 55.4 Å². The van der Waals surface area contributed by atoms with Crippen molar-refractivity contribution in [3.8, 4) is 17.1 Å². The summed E-state index contributed by atoms with van der Waals surface area (Å²) in [6, 6.07) is 2.46. The molecular formula is C27H31F4N7O3. The van der Waals surface area contributed by atoms with E-state index < -0.39 is 41.7 Å². The summed E-state index contributed by atoms with van der Waals surface area (Å²) in [5.74, 6) is -1.46. The number of pyridine rings is 2. The second-order valence-electron chi connectivity index (χ2n) is 10.2. The number of hydrogen-bond acceptors (Lipinski definition) is 8. The van der Waals surface area contributed by atoms with Gasteiger partial charge in [-0.25, -0.2) is 14.4 Å². The molecule has 0 bridgehead atoms. The Kier molecular flexibility index (Phi) is 8.13. The maximum Gasteiger partial charge on any atom is 0.419 e. The number of aliphatic hydroxyl groups excluding tert-OH is 2. The lowest BCUT2D eigenvalue weighted by molar-refractivity contribution is -0.140. The molecule has 41 heavy (non-hydrogen) atoms. The Labute approximate surface area is 233 Å². The van der Waals surface area contributed by atoms with E-state index in [1.165, 1.54) is 6.92 Å². The molecule has 5 rings (SSSR count). The van der Waals surface area contributed by atoms with Crippen LogP contribution in [0.15, 0.2) is 36.9 Å². The second-order valence-corrected chi connectivity index (χ2v) is 10.2. The maximum absolute atomic E-state index is 14.4. The molecule has 4 aromatic heterocycles. The van der Waals surface area contributed by atoms with Crippen LogP contribution in [0.2, 0.25) is 0 Å². The van der Waals surface area contributed by atoms with E-state index in [9.17, 15) is 27.8 Å². The molecule has 1 fully saturated rings. The van der Waals surface area contributed by atoms with E-state index in [1.54, 1.807) is 23.3 Å². The minimum atomic E-state index is -4.84. The SMILES string of the molecule is CCNc1cc2c(cn1)c(-c1cnn(C[C@H](O)[C@H](C)O)c1)nn2[C@H]1CC[C@@H](Oc2nccc(C(F)(F)F)c2F)CC1. The Balaban J connectivity index is 1.38. The Morgan fingerprint density at radius 1 is 1.15 bits per heavy atom. The fraction of sp³-hybridized carbons (Fsp3) is 0.481. The molecule has 0 radical (unpaired) electrons. The maximum atomic E-state index is 14.4. The number of alkyl halides is 3. The number of nitrogens with zero attached hydrogens (tertiary/aromatic N) is 6. The van der Waals surface area contributed by atoms with Crippen LogP contribution in [0.25, 0.3) is 22.2 Å². The lowest BCUT2D eigenvalue weighted by atomic mass is 9.93. The summed E-state index contributed by atoms with van der Waals surface area (Å²) in [6.07, 6.45) is 0.953. The van der Waals surface area contributed by atoms with Crippen LogP contribution in [0.1, 0.15) is 51.1 Å². The summed E-state index contributed by atoms with van der Waals surface area (Å²) in [5, 5.41) is 32.9. The molecule has 0 unspecified atom stereocenters. The highest BCUT2D eigenvalue weighted by Crippen LogP contribution is 2.38. The van der Waals surface area contributed by atoms with Gasteiger partial charge in [0.05, 0.1) is 42.1 Å². The largest absolute Gasteiger partial charge is 0.472 e. The van der Waals surface area contributed by atoms with Crippen molar-refractivity contribution in [2.75, 3.05) is 11.9 Å². The van der Waals surface area contributed by atoms with Gasteiger partial charge in [-0.3, -0.25) is 9.36 Å². The van der Waals surface area contributed by atoms with Crippen LogP contribution in [-0.2, 0) is 12.7 Å². The molecule has 4 heterocycles. The van der Waals surface area contributed by atoms with E-state index in [4.69, 9.17) is 9.84 Å². The van der Waals surface area contributed by atoms with Gasteiger partial charge in [0.15, 0.2) is 5.82 Å². The topological polar surface area (TPSA) is 123 Å². The molecule has 1 aliphatic carbocycles. The zero-order valence-corrected chi connectivity index (χ0v) is 22.5. The predicted octanol–water partition coefficient (Wildman–Crippen LogP) is 4.58. The second kappa shape index (κ2) is 11.6. The van der Waals surface area contributed by atoms with Crippen LogP contribution >= 0.6 is 0 Å². The standard InChI is InChI=1S/C27H31F4N7O3/c1-3-32-23-10-21-19(12-34-23)25(16-11-35-37(13-16)14-22(40)15(2)39)36-38(21)17-4-6-18(7-5-17)41-26-24(28)20(8-9-33-26)27(29,30)31/h8-13,15,17-18,22,39-40H,3-7,14H2,1-2H3,(H,32,34)/t15-,17-,18+,22-/m0/s1. The van der Waals surface area contributed by atoms with Crippen molar-refractivity contribution in [3.05, 3.63) is 48.3 Å². The van der Waals surface area contributed by atoms with Crippen LogP contribution in [0, 0.1) is 5.82 Å². The van der Waals surface area contributed by atoms with Crippen molar-refractivity contribution in [3.63, 3.8) is 0 Å². The quantitative estimate of drug-likeness (QED) is 0.247. The number of aromatic nitrogens is 6. The highest BCUT2D eigenvalue weighted by Gasteiger charge is 2.36. The molecule has 1 aliphatic rings. The summed E-state index contributed by atoms with van der Waals surface area (Å²) in [6.45, 7) is 4.27. The number of ether oxygens (including phenoxy) is 1. The third-order valence-electron chi connectivity index (χ3n) is 7.22. The van der Waals surface area contributed by atoms with Gasteiger partial charge in [-0.05, 0) is 45.6 Å². The van der Waals surface area contributed by atoms with Crippen molar-refractivity contribution >= 4 is 16.7 Å². The first-order chi connectivity index (χ1) is 19.5. The number of halogens is 4. The van der Waals surface area contributed by atoms with E-state index in [0.717, 1.165) is 17.1 Å². The molecule has 0 aliphatic heterocycles. The Hall–Kier alpha value is -3.78. The Morgan fingerprint density at radius 2 is 1.90 bits per heavy atom. The van der Waals surface area contributed by atoms with Crippen molar-refractivity contribution in [2.24, 2.45) is 0 Å². The molecule has 2 atom stereocenters. The van der Waals surface area contributed by atoms with Crippen molar-refractivity contribution < 1.29 is 32.5 Å². The lowest BCUT2D eigenvalue weighted by Crippen LogP contribution is -2.27. The Bertz CT molecular complexity index is 1500. The minimum absolute atomic E-state index is 0.0469. The Morgan fingerprint density at radius 3 is 2.59 bits per heavy atom. The third kappa shape index (κ3) is 6.12. The first-order valence-electron chi connectivity index (χ1n) is 13.4. The first kappa shape index (κ1) is 28.7. The van der Waals surface area contributed by atoms with Gasteiger partial charge in [-0.2, -0.15) is 23.4 Å². The molecule has 0 spiro atoms. The number of rotatable bonds is 9. The van der Waals surface area contributed by atoms with E-state index in [2.05, 4.69) is 20.4 Å². The smallest absolute Gasteiger partial charge is 0.419 e. The summed E-state index contributed by atoms with van der Waals surface area (Å²) >= 11 is 0. The van der Waals surface area contributed by atoms with Crippen LogP contribution in [0.4, 0.5) is 23.4 Å². The summed E-state index contributed by atoms with van der Waals surface area (Å²) in [5.41, 5.74) is 0.813. The fourth-order valence-electron chi connectivity index (χ4n) is 5.02. The van der Waals surface area contributed by atoms with E-state index in [1.807, 2.05) is 17.7 Å². The lowest BCUT2D eigenvalue weighted by Gasteiger charge is -2.29. The number of aliphatic hydroxyl groups is 2. The van der Waals surface area contributed by atoms with Gasteiger partial charge in [0.1, 0.15) is 17.6 Å². The van der Waals surface area contributed by atoms with Gasteiger partial charge < -0.3 is 20.3 Å². The molecule has 1 saturated carbocycles. The van der Waals surface area contributed by atoms with Gasteiger partial charge in [0.25, 0.3) is 5.88 Å². The minimum Gasteiger partial charge on any atom is -0.472 e. The molecule has 4 aromatic rings. The summed E-state index contributed by atoms with van der Waals surface area (Å²) < 4.78 is 62.8. The summed E-state index contributed by atoms with van der Waals surface area (Å²) in [7, 11) is 0. The van der Waals surface area contributed by atoms with Crippen LogP contribution in [0.5, 0.6) is 5.88 Å².